The molecule has 38 heavy (non-hydrogen) atoms. The topological polar surface area (TPSA) is 73.4 Å². The molecule has 2 aromatic carbocycles. The summed E-state index contributed by atoms with van der Waals surface area (Å²) in [7, 11) is 0. The predicted molar refractivity (Wildman–Crippen MR) is 139 cm³/mol. The molecular formula is C29H30F2N4O3. The molecule has 1 saturated carbocycles. The van der Waals surface area contributed by atoms with E-state index in [4.69, 9.17) is 14.2 Å². The number of fused-ring (bicyclic) bond motifs is 1. The second-order valence-corrected chi connectivity index (χ2v) is 10.2. The monoisotopic (exact) mass is 520 g/mol. The van der Waals surface area contributed by atoms with Crippen LogP contribution in [0.1, 0.15) is 68.4 Å². The molecule has 2 aliphatic rings. The number of hydrogen-bond donors (Lipinski definition) is 0. The van der Waals surface area contributed by atoms with Gasteiger partial charge in [0.05, 0.1) is 28.9 Å². The van der Waals surface area contributed by atoms with Crippen LogP contribution in [0.25, 0.3) is 22.2 Å². The first-order chi connectivity index (χ1) is 18.4. The van der Waals surface area contributed by atoms with Crippen LogP contribution in [0.15, 0.2) is 40.9 Å². The normalized spacial score (nSPS) is 21.8. The standard InChI is InChI=1S/C29H30F2N4O3/c1-4-37-21-8-6-19(14-21)35-25-10-5-18(28-16(2)33-38-17(28)3)13-24(25)32-29(35)26-11-12-27(36)34(26)20-7-9-22(30)23(31)15-20/h5,7,9-10,13,15,19,21,26H,4,6,8,11-12,14H2,1-3H3/t19-,21-,26+/m1/s1. The van der Waals surface area contributed by atoms with Crippen molar-refractivity contribution in [1.82, 2.24) is 14.7 Å². The number of nitrogens with zero attached hydrogens (tertiary/aromatic N) is 4. The Kier molecular flexibility index (Phi) is 6.26. The van der Waals surface area contributed by atoms with Crippen molar-refractivity contribution in [2.24, 2.45) is 0 Å². The van der Waals surface area contributed by atoms with Crippen LogP contribution >= 0.6 is 0 Å². The quantitative estimate of drug-likeness (QED) is 0.287. The van der Waals surface area contributed by atoms with E-state index in [0.717, 1.165) is 70.8 Å². The van der Waals surface area contributed by atoms with Gasteiger partial charge in [-0.3, -0.25) is 4.79 Å². The van der Waals surface area contributed by atoms with Gasteiger partial charge in [0.1, 0.15) is 11.6 Å². The molecule has 0 bridgehead atoms. The van der Waals surface area contributed by atoms with Crippen LogP contribution < -0.4 is 4.90 Å². The van der Waals surface area contributed by atoms with Crippen LogP contribution in [0.4, 0.5) is 14.5 Å². The third kappa shape index (κ3) is 4.09. The molecule has 1 amide bonds. The summed E-state index contributed by atoms with van der Waals surface area (Å²) in [4.78, 5) is 19.7. The van der Waals surface area contributed by atoms with Gasteiger partial charge >= 0.3 is 0 Å². The van der Waals surface area contributed by atoms with Gasteiger partial charge in [-0.1, -0.05) is 11.2 Å². The van der Waals surface area contributed by atoms with Gasteiger partial charge in [-0.05, 0) is 76.3 Å². The minimum Gasteiger partial charge on any atom is -0.378 e. The first-order valence-electron chi connectivity index (χ1n) is 13.2. The lowest BCUT2D eigenvalue weighted by atomic mass is 10.0. The van der Waals surface area contributed by atoms with E-state index in [9.17, 15) is 13.6 Å². The number of rotatable bonds is 6. The number of amides is 1. The van der Waals surface area contributed by atoms with E-state index in [1.165, 1.54) is 6.07 Å². The molecule has 198 valence electrons. The summed E-state index contributed by atoms with van der Waals surface area (Å²) in [6, 6.07) is 9.53. The maximum atomic E-state index is 14.2. The average Bonchev–Trinajstić information content (AvgIpc) is 3.66. The molecule has 0 unspecified atom stereocenters. The Balaban J connectivity index is 1.49. The number of anilines is 1. The fourth-order valence-corrected chi connectivity index (χ4v) is 6.21. The number of hydrogen-bond acceptors (Lipinski definition) is 5. The third-order valence-corrected chi connectivity index (χ3v) is 7.85. The maximum absolute atomic E-state index is 14.2. The largest absolute Gasteiger partial charge is 0.378 e. The summed E-state index contributed by atoms with van der Waals surface area (Å²) >= 11 is 0. The number of carbonyl (C=O) groups is 1. The van der Waals surface area contributed by atoms with Crippen LogP contribution in [0.2, 0.25) is 0 Å². The van der Waals surface area contributed by atoms with Crippen LogP contribution in [0.5, 0.6) is 0 Å². The smallest absolute Gasteiger partial charge is 0.227 e. The van der Waals surface area contributed by atoms with Crippen molar-refractivity contribution in [3.05, 3.63) is 65.3 Å². The third-order valence-electron chi connectivity index (χ3n) is 7.85. The number of aryl methyl sites for hydroxylation is 2. The first kappa shape index (κ1) is 24.7. The molecule has 3 heterocycles. The van der Waals surface area contributed by atoms with Gasteiger partial charge < -0.3 is 18.7 Å². The number of aromatic nitrogens is 3. The van der Waals surface area contributed by atoms with E-state index >= 15 is 0 Å². The number of imidazole rings is 1. The van der Waals surface area contributed by atoms with Crippen molar-refractivity contribution in [2.75, 3.05) is 11.5 Å². The molecule has 1 saturated heterocycles. The van der Waals surface area contributed by atoms with E-state index in [1.54, 1.807) is 4.90 Å². The zero-order valence-corrected chi connectivity index (χ0v) is 21.7. The summed E-state index contributed by atoms with van der Waals surface area (Å²) in [6.07, 6.45) is 3.75. The molecule has 7 nitrogen and oxygen atoms in total. The van der Waals surface area contributed by atoms with Gasteiger partial charge in [0, 0.05) is 36.4 Å². The number of ether oxygens (including phenoxy) is 1. The fourth-order valence-electron chi connectivity index (χ4n) is 6.21. The Morgan fingerprint density at radius 2 is 1.92 bits per heavy atom. The lowest BCUT2D eigenvalue weighted by Crippen LogP contribution is -2.30. The lowest BCUT2D eigenvalue weighted by molar-refractivity contribution is -0.117. The van der Waals surface area contributed by atoms with Crippen LogP contribution in [-0.2, 0) is 9.53 Å². The molecule has 0 radical (unpaired) electrons. The molecule has 1 aliphatic heterocycles. The first-order valence-corrected chi connectivity index (χ1v) is 13.2. The lowest BCUT2D eigenvalue weighted by Gasteiger charge is -2.27. The highest BCUT2D eigenvalue weighted by Crippen LogP contribution is 2.43. The van der Waals surface area contributed by atoms with Gasteiger partial charge in [0.25, 0.3) is 0 Å². The minimum absolute atomic E-state index is 0.130. The van der Waals surface area contributed by atoms with Crippen molar-refractivity contribution < 1.29 is 22.8 Å². The Hall–Kier alpha value is -3.59. The Bertz CT molecular complexity index is 1510. The van der Waals surface area contributed by atoms with Crippen LogP contribution in [0, 0.1) is 25.5 Å². The molecule has 0 spiro atoms. The highest BCUT2D eigenvalue weighted by atomic mass is 19.2. The van der Waals surface area contributed by atoms with Crippen molar-refractivity contribution in [3.8, 4) is 11.1 Å². The van der Waals surface area contributed by atoms with E-state index in [2.05, 4.69) is 21.9 Å². The highest BCUT2D eigenvalue weighted by Gasteiger charge is 2.39. The fraction of sp³-hybridized carbons (Fsp3) is 0.414. The number of carbonyl (C=O) groups excluding carboxylic acids is 1. The van der Waals surface area contributed by atoms with Gasteiger partial charge in [-0.2, -0.15) is 0 Å². The van der Waals surface area contributed by atoms with Gasteiger partial charge in [0.2, 0.25) is 5.91 Å². The molecule has 3 atom stereocenters. The zero-order chi connectivity index (χ0) is 26.6. The summed E-state index contributed by atoms with van der Waals surface area (Å²) in [5, 5.41) is 4.10. The number of halogens is 2. The molecule has 9 heteroatoms. The van der Waals surface area contributed by atoms with E-state index in [-0.39, 0.29) is 18.1 Å². The second-order valence-electron chi connectivity index (χ2n) is 10.2. The Morgan fingerprint density at radius 1 is 1.08 bits per heavy atom. The summed E-state index contributed by atoms with van der Waals surface area (Å²) in [5.41, 5.74) is 4.83. The van der Waals surface area contributed by atoms with Gasteiger partial charge in [-0.15, -0.1) is 0 Å². The maximum Gasteiger partial charge on any atom is 0.227 e. The Morgan fingerprint density at radius 3 is 2.66 bits per heavy atom. The minimum atomic E-state index is -0.978. The Labute approximate surface area is 219 Å². The molecule has 6 rings (SSSR count). The molecule has 4 aromatic rings. The zero-order valence-electron chi connectivity index (χ0n) is 21.7. The van der Waals surface area contributed by atoms with Crippen molar-refractivity contribution in [1.29, 1.82) is 0 Å². The van der Waals surface area contributed by atoms with Gasteiger partial charge in [-0.25, -0.2) is 13.8 Å². The second kappa shape index (κ2) is 9.62. The van der Waals surface area contributed by atoms with Crippen molar-refractivity contribution >= 4 is 22.6 Å². The van der Waals surface area contributed by atoms with E-state index in [1.807, 2.05) is 26.8 Å². The number of benzene rings is 2. The summed E-state index contributed by atoms with van der Waals surface area (Å²) in [6.45, 7) is 6.47. The molecular weight excluding hydrogens is 490 g/mol. The van der Waals surface area contributed by atoms with Crippen LogP contribution in [0.3, 0.4) is 0 Å². The van der Waals surface area contributed by atoms with E-state index < -0.39 is 17.7 Å². The average molecular weight is 521 g/mol. The predicted octanol–water partition coefficient (Wildman–Crippen LogP) is 6.58. The SMILES string of the molecule is CCO[C@@H]1CC[C@@H](n2c([C@@H]3CCC(=O)N3c3ccc(F)c(F)c3)nc3cc(-c4c(C)noc4C)ccc32)C1. The molecule has 2 fully saturated rings. The summed E-state index contributed by atoms with van der Waals surface area (Å²) < 4.78 is 41.5. The molecule has 0 N–H and O–H groups in total. The molecule has 2 aromatic heterocycles. The van der Waals surface area contributed by atoms with Crippen molar-refractivity contribution in [2.45, 2.75) is 71.1 Å². The van der Waals surface area contributed by atoms with Crippen molar-refractivity contribution in [3.63, 3.8) is 0 Å². The highest BCUT2D eigenvalue weighted by molar-refractivity contribution is 5.96. The van der Waals surface area contributed by atoms with E-state index in [0.29, 0.717) is 25.1 Å². The van der Waals surface area contributed by atoms with Crippen LogP contribution in [-0.4, -0.2) is 33.3 Å². The summed E-state index contributed by atoms with van der Waals surface area (Å²) in [5.74, 6) is -0.552. The molecule has 1 aliphatic carbocycles. The van der Waals surface area contributed by atoms with Gasteiger partial charge in [0.15, 0.2) is 11.6 Å².